The summed E-state index contributed by atoms with van der Waals surface area (Å²) in [6, 6.07) is 7.69. The van der Waals surface area contributed by atoms with Crippen LogP contribution in [0.5, 0.6) is 11.8 Å². The summed E-state index contributed by atoms with van der Waals surface area (Å²) in [4.78, 5) is 4.25. The number of aromatic nitrogens is 1. The molecule has 0 unspecified atom stereocenters. The van der Waals surface area contributed by atoms with Gasteiger partial charge in [0.25, 0.3) is 0 Å². The summed E-state index contributed by atoms with van der Waals surface area (Å²) in [6.07, 6.45) is 3.01. The fraction of sp³-hybridized carbons (Fsp3) is 0.400. The number of benzene rings is 1. The maximum atomic E-state index is 5.51. The van der Waals surface area contributed by atoms with Gasteiger partial charge in [0, 0.05) is 6.54 Å². The molecule has 0 aliphatic rings. The molecular weight excluding hydrogens is 256 g/mol. The van der Waals surface area contributed by atoms with Gasteiger partial charge in [0.15, 0.2) is 0 Å². The second kappa shape index (κ2) is 7.55. The molecule has 1 N–H and O–H groups in total. The van der Waals surface area contributed by atoms with Crippen LogP contribution < -0.4 is 14.8 Å². The number of hydrogen-bond donors (Lipinski definition) is 1. The highest BCUT2D eigenvalue weighted by Crippen LogP contribution is 2.15. The van der Waals surface area contributed by atoms with Crippen LogP contribution in [0, 0.1) is 0 Å². The number of nitrogens with one attached hydrogen (secondary N) is 1. The van der Waals surface area contributed by atoms with E-state index >= 15 is 0 Å². The molecule has 108 valence electrons. The molecule has 2 rings (SSSR count). The molecule has 20 heavy (non-hydrogen) atoms. The molecule has 0 saturated carbocycles. The van der Waals surface area contributed by atoms with Crippen LogP contribution in [0.1, 0.15) is 24.6 Å². The molecule has 0 aliphatic heterocycles. The molecule has 0 spiro atoms. The summed E-state index contributed by atoms with van der Waals surface area (Å²) in [5.41, 5.74) is 1.89. The van der Waals surface area contributed by atoms with Crippen molar-refractivity contribution in [3.63, 3.8) is 0 Å². The minimum Gasteiger partial charge on any atom is -0.497 e. The second-order valence-electron chi connectivity index (χ2n) is 4.42. The summed E-state index contributed by atoms with van der Waals surface area (Å²) in [7, 11) is 1.65. The average molecular weight is 276 g/mol. The number of rotatable bonds is 8. The van der Waals surface area contributed by atoms with Crippen LogP contribution in [-0.4, -0.2) is 18.6 Å². The summed E-state index contributed by atoms with van der Waals surface area (Å²) >= 11 is 0. The van der Waals surface area contributed by atoms with Crippen LogP contribution in [-0.2, 0) is 13.2 Å². The van der Waals surface area contributed by atoms with Gasteiger partial charge in [0.05, 0.1) is 12.8 Å². The Balaban J connectivity index is 1.81. The molecule has 2 aromatic rings. The van der Waals surface area contributed by atoms with Gasteiger partial charge in [-0.3, -0.25) is 0 Å². The molecule has 0 aliphatic carbocycles. The van der Waals surface area contributed by atoms with E-state index in [0.29, 0.717) is 19.2 Å². The van der Waals surface area contributed by atoms with E-state index in [1.165, 1.54) is 0 Å². The van der Waals surface area contributed by atoms with Gasteiger partial charge in [-0.05, 0) is 30.7 Å². The summed E-state index contributed by atoms with van der Waals surface area (Å²) < 4.78 is 15.9. The van der Waals surface area contributed by atoms with Crippen LogP contribution in [0.15, 0.2) is 34.9 Å². The minimum atomic E-state index is 0.300. The number of ether oxygens (including phenoxy) is 2. The first-order chi connectivity index (χ1) is 9.81. The first-order valence-corrected chi connectivity index (χ1v) is 6.72. The second-order valence-corrected chi connectivity index (χ2v) is 4.42. The standard InChI is InChI=1S/C15H20N2O3/c1-3-8-16-9-13-11-20-15(17-13)19-10-12-4-6-14(18-2)7-5-12/h4-7,11,16H,3,8-10H2,1-2H3. The third-order valence-corrected chi connectivity index (χ3v) is 2.78. The summed E-state index contributed by atoms with van der Waals surface area (Å²) in [5.74, 6) is 0.828. The lowest BCUT2D eigenvalue weighted by atomic mass is 10.2. The van der Waals surface area contributed by atoms with Gasteiger partial charge in [0.1, 0.15) is 18.6 Å². The van der Waals surface area contributed by atoms with Crippen molar-refractivity contribution in [2.45, 2.75) is 26.5 Å². The molecule has 0 saturated heterocycles. The zero-order valence-corrected chi connectivity index (χ0v) is 11.9. The van der Waals surface area contributed by atoms with Crippen LogP contribution in [0.4, 0.5) is 0 Å². The Labute approximate surface area is 118 Å². The minimum absolute atomic E-state index is 0.300. The number of hydrogen-bond acceptors (Lipinski definition) is 5. The molecule has 0 bridgehead atoms. The van der Waals surface area contributed by atoms with Crippen molar-refractivity contribution in [2.24, 2.45) is 0 Å². The molecule has 5 nitrogen and oxygen atoms in total. The van der Waals surface area contributed by atoms with Crippen molar-refractivity contribution in [3.8, 4) is 11.8 Å². The Bertz CT molecular complexity index is 508. The highest BCUT2D eigenvalue weighted by molar-refractivity contribution is 5.26. The Morgan fingerprint density at radius 2 is 2.05 bits per heavy atom. The number of methoxy groups -OCH3 is 1. The van der Waals surface area contributed by atoms with Crippen molar-refractivity contribution >= 4 is 0 Å². The van der Waals surface area contributed by atoms with E-state index in [0.717, 1.165) is 30.0 Å². The monoisotopic (exact) mass is 276 g/mol. The van der Waals surface area contributed by atoms with Gasteiger partial charge in [-0.2, -0.15) is 4.98 Å². The highest BCUT2D eigenvalue weighted by Gasteiger charge is 2.05. The molecular formula is C15H20N2O3. The smallest absolute Gasteiger partial charge is 0.394 e. The van der Waals surface area contributed by atoms with Crippen molar-refractivity contribution in [3.05, 3.63) is 41.8 Å². The van der Waals surface area contributed by atoms with E-state index in [4.69, 9.17) is 13.9 Å². The van der Waals surface area contributed by atoms with E-state index in [2.05, 4.69) is 17.2 Å². The SMILES string of the molecule is CCCNCc1coc(OCc2ccc(OC)cc2)n1. The Morgan fingerprint density at radius 1 is 1.25 bits per heavy atom. The lowest BCUT2D eigenvalue weighted by Crippen LogP contribution is -2.13. The van der Waals surface area contributed by atoms with Gasteiger partial charge in [-0.1, -0.05) is 19.1 Å². The van der Waals surface area contributed by atoms with Gasteiger partial charge >= 0.3 is 6.08 Å². The maximum Gasteiger partial charge on any atom is 0.394 e. The van der Waals surface area contributed by atoms with E-state index in [1.54, 1.807) is 13.4 Å². The van der Waals surface area contributed by atoms with Gasteiger partial charge < -0.3 is 19.2 Å². The van der Waals surface area contributed by atoms with Crippen LogP contribution in [0.25, 0.3) is 0 Å². The van der Waals surface area contributed by atoms with Crippen molar-refractivity contribution in [2.75, 3.05) is 13.7 Å². The molecule has 0 fully saturated rings. The summed E-state index contributed by atoms with van der Waals surface area (Å²) in [6.45, 7) is 4.21. The van der Waals surface area contributed by atoms with Gasteiger partial charge in [0.2, 0.25) is 0 Å². The largest absolute Gasteiger partial charge is 0.497 e. The molecule has 1 aromatic carbocycles. The molecule has 1 aromatic heterocycles. The predicted octanol–water partition coefficient (Wildman–Crippen LogP) is 2.76. The first-order valence-electron chi connectivity index (χ1n) is 6.72. The zero-order valence-electron chi connectivity index (χ0n) is 11.9. The van der Waals surface area contributed by atoms with Gasteiger partial charge in [-0.25, -0.2) is 0 Å². The van der Waals surface area contributed by atoms with E-state index in [9.17, 15) is 0 Å². The zero-order chi connectivity index (χ0) is 14.2. The predicted molar refractivity (Wildman–Crippen MR) is 75.8 cm³/mol. The molecule has 1 heterocycles. The van der Waals surface area contributed by atoms with Crippen LogP contribution in [0.3, 0.4) is 0 Å². The average Bonchev–Trinajstić information content (AvgIpc) is 2.94. The topological polar surface area (TPSA) is 56.5 Å². The summed E-state index contributed by atoms with van der Waals surface area (Å²) in [5, 5.41) is 3.26. The van der Waals surface area contributed by atoms with Gasteiger partial charge in [-0.15, -0.1) is 0 Å². The fourth-order valence-corrected chi connectivity index (χ4v) is 1.70. The molecule has 0 amide bonds. The quantitative estimate of drug-likeness (QED) is 0.751. The third-order valence-electron chi connectivity index (χ3n) is 2.78. The van der Waals surface area contributed by atoms with Crippen molar-refractivity contribution in [1.29, 1.82) is 0 Å². The Hall–Kier alpha value is -2.01. The first kappa shape index (κ1) is 14.4. The highest BCUT2D eigenvalue weighted by atomic mass is 16.6. The lowest BCUT2D eigenvalue weighted by molar-refractivity contribution is 0.220. The van der Waals surface area contributed by atoms with E-state index in [-0.39, 0.29) is 0 Å². The molecule has 0 atom stereocenters. The Kier molecular flexibility index (Phi) is 5.43. The fourth-order valence-electron chi connectivity index (χ4n) is 1.70. The number of oxazole rings is 1. The Morgan fingerprint density at radius 3 is 2.75 bits per heavy atom. The van der Waals surface area contributed by atoms with E-state index < -0.39 is 0 Å². The lowest BCUT2D eigenvalue weighted by Gasteiger charge is -2.03. The normalized spacial score (nSPS) is 10.5. The van der Waals surface area contributed by atoms with Crippen LogP contribution in [0.2, 0.25) is 0 Å². The van der Waals surface area contributed by atoms with Crippen LogP contribution >= 0.6 is 0 Å². The molecule has 5 heteroatoms. The third kappa shape index (κ3) is 4.28. The maximum absolute atomic E-state index is 5.51. The van der Waals surface area contributed by atoms with Crippen molar-refractivity contribution in [1.82, 2.24) is 10.3 Å². The van der Waals surface area contributed by atoms with E-state index in [1.807, 2.05) is 24.3 Å². The number of nitrogens with zero attached hydrogens (tertiary/aromatic N) is 1. The molecule has 0 radical (unpaired) electrons. The van der Waals surface area contributed by atoms with Crippen molar-refractivity contribution < 1.29 is 13.9 Å².